The first-order chi connectivity index (χ1) is 10.4. The molecule has 0 heterocycles. The van der Waals surface area contributed by atoms with Gasteiger partial charge >= 0.3 is 0 Å². The number of rotatable bonds is 6. The Kier molecular flexibility index (Phi) is 4.75. The predicted octanol–water partition coefficient (Wildman–Crippen LogP) is 2.41. The Hall–Kier alpha value is -2.44. The van der Waals surface area contributed by atoms with Crippen LogP contribution in [0, 0.1) is 10.1 Å². The van der Waals surface area contributed by atoms with Crippen LogP contribution in [0.5, 0.6) is 0 Å². The number of nitro groups is 1. The molecule has 22 heavy (non-hydrogen) atoms. The van der Waals surface area contributed by atoms with Crippen molar-refractivity contribution in [2.24, 2.45) is 0 Å². The number of nitro benzene ring substituents is 1. The molecule has 6 nitrogen and oxygen atoms in total. The van der Waals surface area contributed by atoms with E-state index in [-0.39, 0.29) is 24.5 Å². The number of nitrogens with one attached hydrogen (secondary N) is 1. The van der Waals surface area contributed by atoms with Crippen molar-refractivity contribution in [1.82, 2.24) is 0 Å². The van der Waals surface area contributed by atoms with Crippen molar-refractivity contribution < 1.29 is 15.1 Å². The lowest BCUT2D eigenvalue weighted by Gasteiger charge is -2.24. The third-order valence-corrected chi connectivity index (χ3v) is 3.46. The first-order valence-corrected chi connectivity index (χ1v) is 6.84. The van der Waals surface area contributed by atoms with E-state index in [1.807, 2.05) is 18.2 Å². The van der Waals surface area contributed by atoms with Crippen LogP contribution in [-0.2, 0) is 12.2 Å². The Balaban J connectivity index is 2.22. The van der Waals surface area contributed by atoms with Gasteiger partial charge in [0.25, 0.3) is 5.69 Å². The second-order valence-electron chi connectivity index (χ2n) is 5.26. The van der Waals surface area contributed by atoms with E-state index in [9.17, 15) is 15.2 Å². The Morgan fingerprint density at radius 1 is 1.23 bits per heavy atom. The number of hydrogen-bond acceptors (Lipinski definition) is 5. The van der Waals surface area contributed by atoms with Gasteiger partial charge in [0.2, 0.25) is 0 Å². The van der Waals surface area contributed by atoms with Crippen molar-refractivity contribution in [3.05, 3.63) is 69.8 Å². The normalized spacial score (nSPS) is 13.4. The quantitative estimate of drug-likeness (QED) is 0.562. The molecule has 0 aromatic heterocycles. The highest BCUT2D eigenvalue weighted by Crippen LogP contribution is 2.28. The Morgan fingerprint density at radius 2 is 1.91 bits per heavy atom. The summed E-state index contributed by atoms with van der Waals surface area (Å²) in [5.41, 5.74) is 0.273. The van der Waals surface area contributed by atoms with Crippen LogP contribution >= 0.6 is 0 Å². The lowest BCUT2D eigenvalue weighted by Crippen LogP contribution is -2.30. The fraction of sp³-hybridized carbons (Fsp3) is 0.250. The molecular formula is C16H18N2O4. The van der Waals surface area contributed by atoms with Crippen LogP contribution in [0.3, 0.4) is 0 Å². The largest absolute Gasteiger partial charge is 0.392 e. The summed E-state index contributed by atoms with van der Waals surface area (Å²) >= 11 is 0. The fourth-order valence-electron chi connectivity index (χ4n) is 2.15. The maximum atomic E-state index is 11.1. The highest BCUT2D eigenvalue weighted by Gasteiger charge is 2.24. The summed E-state index contributed by atoms with van der Waals surface area (Å²) in [5, 5.41) is 33.6. The Morgan fingerprint density at radius 3 is 2.50 bits per heavy atom. The summed E-state index contributed by atoms with van der Waals surface area (Å²) in [6.45, 7) is 1.53. The van der Waals surface area contributed by atoms with Gasteiger partial charge in [-0.1, -0.05) is 30.3 Å². The number of aliphatic hydroxyl groups excluding tert-OH is 1. The summed E-state index contributed by atoms with van der Waals surface area (Å²) in [7, 11) is 0. The zero-order chi connectivity index (χ0) is 16.2. The monoisotopic (exact) mass is 302 g/mol. The summed E-state index contributed by atoms with van der Waals surface area (Å²) < 4.78 is 0. The zero-order valence-electron chi connectivity index (χ0n) is 12.2. The molecule has 0 fully saturated rings. The van der Waals surface area contributed by atoms with Gasteiger partial charge in [0.1, 0.15) is 11.3 Å². The first-order valence-electron chi connectivity index (χ1n) is 6.84. The summed E-state index contributed by atoms with van der Waals surface area (Å²) in [6.07, 6.45) is 0. The van der Waals surface area contributed by atoms with Gasteiger partial charge in [-0.05, 0) is 30.2 Å². The average Bonchev–Trinajstić information content (AvgIpc) is 2.53. The minimum Gasteiger partial charge on any atom is -0.392 e. The third-order valence-electron chi connectivity index (χ3n) is 3.46. The molecule has 116 valence electrons. The van der Waals surface area contributed by atoms with Crippen LogP contribution in [-0.4, -0.2) is 21.7 Å². The minimum absolute atomic E-state index is 0.0962. The van der Waals surface area contributed by atoms with Gasteiger partial charge in [-0.2, -0.15) is 0 Å². The molecule has 0 radical (unpaired) electrons. The molecule has 2 aromatic rings. The smallest absolute Gasteiger partial charge is 0.292 e. The van der Waals surface area contributed by atoms with Gasteiger partial charge in [0, 0.05) is 12.6 Å². The average molecular weight is 302 g/mol. The highest BCUT2D eigenvalue weighted by atomic mass is 16.6. The molecule has 2 aromatic carbocycles. The van der Waals surface area contributed by atoms with Crippen molar-refractivity contribution in [3.63, 3.8) is 0 Å². The maximum absolute atomic E-state index is 11.1. The fourth-order valence-corrected chi connectivity index (χ4v) is 2.15. The Bertz CT molecular complexity index is 656. The van der Waals surface area contributed by atoms with Crippen LogP contribution in [0.25, 0.3) is 0 Å². The van der Waals surface area contributed by atoms with E-state index < -0.39 is 10.5 Å². The van der Waals surface area contributed by atoms with E-state index in [0.29, 0.717) is 11.1 Å². The number of anilines is 1. The van der Waals surface area contributed by atoms with Crippen LogP contribution in [0.4, 0.5) is 11.4 Å². The molecule has 0 aliphatic rings. The molecule has 0 aliphatic carbocycles. The number of benzene rings is 2. The SMILES string of the molecule is CC(O)(CNc1cc(CO)ccc1[N+](=O)[O-])c1ccccc1. The number of hydrogen-bond donors (Lipinski definition) is 3. The van der Waals surface area contributed by atoms with Crippen LogP contribution in [0.1, 0.15) is 18.1 Å². The lowest BCUT2D eigenvalue weighted by molar-refractivity contribution is -0.384. The molecule has 0 spiro atoms. The van der Waals surface area contributed by atoms with Crippen molar-refractivity contribution in [2.75, 3.05) is 11.9 Å². The van der Waals surface area contributed by atoms with Crippen molar-refractivity contribution in [2.45, 2.75) is 19.1 Å². The van der Waals surface area contributed by atoms with Crippen molar-refractivity contribution in [3.8, 4) is 0 Å². The zero-order valence-corrected chi connectivity index (χ0v) is 12.2. The predicted molar refractivity (Wildman–Crippen MR) is 83.5 cm³/mol. The van der Waals surface area contributed by atoms with Gasteiger partial charge in [-0.3, -0.25) is 10.1 Å². The molecular weight excluding hydrogens is 284 g/mol. The molecule has 0 saturated heterocycles. The van der Waals surface area contributed by atoms with Gasteiger partial charge in [-0.25, -0.2) is 0 Å². The highest BCUT2D eigenvalue weighted by molar-refractivity contribution is 5.63. The van der Waals surface area contributed by atoms with E-state index in [2.05, 4.69) is 5.32 Å². The van der Waals surface area contributed by atoms with Crippen LogP contribution in [0.2, 0.25) is 0 Å². The second-order valence-corrected chi connectivity index (χ2v) is 5.26. The van der Waals surface area contributed by atoms with E-state index in [1.54, 1.807) is 19.1 Å². The number of aliphatic hydroxyl groups is 2. The van der Waals surface area contributed by atoms with Gasteiger partial charge < -0.3 is 15.5 Å². The molecule has 1 unspecified atom stereocenters. The van der Waals surface area contributed by atoms with Gasteiger partial charge in [0.15, 0.2) is 0 Å². The van der Waals surface area contributed by atoms with Crippen LogP contribution in [0.15, 0.2) is 48.5 Å². The third kappa shape index (κ3) is 3.60. The van der Waals surface area contributed by atoms with E-state index in [0.717, 1.165) is 0 Å². The van der Waals surface area contributed by atoms with Crippen LogP contribution < -0.4 is 5.32 Å². The molecule has 2 rings (SSSR count). The maximum Gasteiger partial charge on any atom is 0.292 e. The van der Waals surface area contributed by atoms with Crippen molar-refractivity contribution >= 4 is 11.4 Å². The van der Waals surface area contributed by atoms with Gasteiger partial charge in [0.05, 0.1) is 11.5 Å². The molecule has 0 amide bonds. The summed E-state index contributed by atoms with van der Waals surface area (Å²) in [5.74, 6) is 0. The molecule has 0 saturated carbocycles. The molecule has 0 aliphatic heterocycles. The standard InChI is InChI=1S/C16H18N2O4/c1-16(20,13-5-3-2-4-6-13)11-17-14-9-12(10-19)7-8-15(14)18(21)22/h2-9,17,19-20H,10-11H2,1H3. The molecule has 1 atom stereocenters. The molecule has 6 heteroatoms. The lowest BCUT2D eigenvalue weighted by atomic mass is 9.96. The van der Waals surface area contributed by atoms with Crippen molar-refractivity contribution in [1.29, 1.82) is 0 Å². The minimum atomic E-state index is -1.18. The van der Waals surface area contributed by atoms with E-state index in [1.165, 1.54) is 18.2 Å². The second kappa shape index (κ2) is 6.55. The van der Waals surface area contributed by atoms with E-state index >= 15 is 0 Å². The first kappa shape index (κ1) is 15.9. The molecule has 3 N–H and O–H groups in total. The molecule has 0 bridgehead atoms. The van der Waals surface area contributed by atoms with E-state index in [4.69, 9.17) is 5.11 Å². The summed E-state index contributed by atoms with van der Waals surface area (Å²) in [4.78, 5) is 10.6. The topological polar surface area (TPSA) is 95.6 Å². The summed E-state index contributed by atoms with van der Waals surface area (Å²) in [6, 6.07) is 13.4. The number of nitrogens with zero attached hydrogens (tertiary/aromatic N) is 1. The van der Waals surface area contributed by atoms with Gasteiger partial charge in [-0.15, -0.1) is 0 Å². The Labute approximate surface area is 128 Å².